The lowest BCUT2D eigenvalue weighted by Gasteiger charge is -2.37. The molecule has 5 nitrogen and oxygen atoms in total. The van der Waals surface area contributed by atoms with Gasteiger partial charge in [0.05, 0.1) is 31.2 Å². The molecule has 1 fully saturated rings. The van der Waals surface area contributed by atoms with Crippen LogP contribution in [0, 0.1) is 0 Å². The van der Waals surface area contributed by atoms with Gasteiger partial charge >= 0.3 is 5.97 Å². The Bertz CT molecular complexity index is 258. The Hall–Kier alpha value is -0.650. The second-order valence-electron chi connectivity index (χ2n) is 4.72. The Labute approximate surface area is 89.6 Å². The maximum Gasteiger partial charge on any atom is 0.307 e. The minimum absolute atomic E-state index is 0.125. The number of rotatable bonds is 3. The predicted octanol–water partition coefficient (Wildman–Crippen LogP) is 0.544. The molecule has 0 aromatic heterocycles. The Morgan fingerprint density at radius 1 is 1.40 bits per heavy atom. The summed E-state index contributed by atoms with van der Waals surface area (Å²) in [5.74, 6) is -0.348. The largest absolute Gasteiger partial charge is 0.469 e. The zero-order valence-electron chi connectivity index (χ0n) is 9.49. The molecule has 2 N–H and O–H groups in total. The van der Waals surface area contributed by atoms with Crippen LogP contribution in [0.3, 0.4) is 0 Å². The Morgan fingerprint density at radius 2 is 1.93 bits per heavy atom. The zero-order chi connectivity index (χ0) is 11.7. The van der Waals surface area contributed by atoms with Crippen molar-refractivity contribution in [3.8, 4) is 0 Å². The average Bonchev–Trinajstić information content (AvgIpc) is 2.44. The summed E-state index contributed by atoms with van der Waals surface area (Å²) in [7, 11) is 1.33. The van der Waals surface area contributed by atoms with Gasteiger partial charge in [-0.15, -0.1) is 0 Å². The van der Waals surface area contributed by atoms with Crippen LogP contribution in [-0.4, -0.2) is 46.1 Å². The minimum Gasteiger partial charge on any atom is -0.469 e. The van der Waals surface area contributed by atoms with Crippen molar-refractivity contribution in [2.75, 3.05) is 13.7 Å². The Balaban J connectivity index is 2.76. The maximum absolute atomic E-state index is 11.2. The molecule has 0 saturated carbocycles. The third-order valence-electron chi connectivity index (χ3n) is 3.32. The fourth-order valence-corrected chi connectivity index (χ4v) is 2.09. The number of methoxy groups -OCH3 is 1. The van der Waals surface area contributed by atoms with Crippen LogP contribution >= 0.6 is 0 Å². The molecule has 0 aromatic rings. The Kier molecular flexibility index (Phi) is 3.38. The van der Waals surface area contributed by atoms with E-state index in [-0.39, 0.29) is 19.0 Å². The van der Waals surface area contributed by atoms with Crippen LogP contribution in [0.5, 0.6) is 0 Å². The average molecular weight is 217 g/mol. The molecule has 0 aromatic carbocycles. The van der Waals surface area contributed by atoms with Crippen molar-refractivity contribution in [3.05, 3.63) is 0 Å². The van der Waals surface area contributed by atoms with Gasteiger partial charge in [-0.1, -0.05) is 0 Å². The standard InChI is InChI=1S/C10H19NO4/c1-9(6-8(13)15-3)4-5-10(2,7-12)11(9)14/h12,14H,4-7H2,1-3H3/t9-,10+/m1/s1. The van der Waals surface area contributed by atoms with Crippen molar-refractivity contribution in [1.29, 1.82) is 0 Å². The molecule has 1 aliphatic rings. The number of nitrogens with zero attached hydrogens (tertiary/aromatic N) is 1. The summed E-state index contributed by atoms with van der Waals surface area (Å²) in [6.07, 6.45) is 1.46. The van der Waals surface area contributed by atoms with E-state index in [0.717, 1.165) is 5.06 Å². The van der Waals surface area contributed by atoms with Gasteiger partial charge in [0.2, 0.25) is 0 Å². The van der Waals surface area contributed by atoms with Crippen LogP contribution in [0.2, 0.25) is 0 Å². The molecule has 88 valence electrons. The SMILES string of the molecule is COC(=O)C[C@@]1(C)CC[C@@](C)(CO)N1O. The number of esters is 1. The summed E-state index contributed by atoms with van der Waals surface area (Å²) in [5, 5.41) is 20.3. The molecule has 0 radical (unpaired) electrons. The van der Waals surface area contributed by atoms with Crippen molar-refractivity contribution in [2.24, 2.45) is 0 Å². The van der Waals surface area contributed by atoms with Crippen molar-refractivity contribution < 1.29 is 19.8 Å². The molecule has 2 atom stereocenters. The van der Waals surface area contributed by atoms with Crippen molar-refractivity contribution in [2.45, 2.75) is 44.2 Å². The summed E-state index contributed by atoms with van der Waals surface area (Å²) < 4.78 is 4.59. The predicted molar refractivity (Wildman–Crippen MR) is 53.4 cm³/mol. The highest BCUT2D eigenvalue weighted by molar-refractivity contribution is 5.70. The molecule has 1 aliphatic heterocycles. The molecule has 5 heteroatoms. The van der Waals surface area contributed by atoms with Gasteiger partial charge in [-0.05, 0) is 26.7 Å². The number of hydroxylamine groups is 2. The first-order valence-electron chi connectivity index (χ1n) is 5.05. The van der Waals surface area contributed by atoms with Gasteiger partial charge in [0, 0.05) is 0 Å². The normalized spacial score (nSPS) is 36.9. The molecule has 1 heterocycles. The van der Waals surface area contributed by atoms with E-state index in [9.17, 15) is 15.1 Å². The topological polar surface area (TPSA) is 70.0 Å². The highest BCUT2D eigenvalue weighted by Gasteiger charge is 2.50. The van der Waals surface area contributed by atoms with Crippen molar-refractivity contribution in [3.63, 3.8) is 0 Å². The first kappa shape index (κ1) is 12.4. The number of carbonyl (C=O) groups is 1. The van der Waals surface area contributed by atoms with Gasteiger partial charge in [0.1, 0.15) is 0 Å². The summed E-state index contributed by atoms with van der Waals surface area (Å²) in [6, 6.07) is 0. The van der Waals surface area contributed by atoms with E-state index in [1.807, 2.05) is 0 Å². The fraction of sp³-hybridized carbons (Fsp3) is 0.900. The van der Waals surface area contributed by atoms with Crippen LogP contribution < -0.4 is 0 Å². The highest BCUT2D eigenvalue weighted by atomic mass is 16.5. The van der Waals surface area contributed by atoms with Gasteiger partial charge < -0.3 is 15.1 Å². The number of carbonyl (C=O) groups excluding carboxylic acids is 1. The van der Waals surface area contributed by atoms with Crippen LogP contribution in [-0.2, 0) is 9.53 Å². The lowest BCUT2D eigenvalue weighted by molar-refractivity contribution is -0.215. The number of aliphatic hydroxyl groups is 1. The molecular formula is C10H19NO4. The smallest absolute Gasteiger partial charge is 0.307 e. The number of ether oxygens (including phenoxy) is 1. The van der Waals surface area contributed by atoms with E-state index >= 15 is 0 Å². The van der Waals surface area contributed by atoms with Crippen LogP contribution in [0.25, 0.3) is 0 Å². The fourth-order valence-electron chi connectivity index (χ4n) is 2.09. The van der Waals surface area contributed by atoms with Crippen LogP contribution in [0.1, 0.15) is 33.1 Å². The molecule has 0 spiro atoms. The van der Waals surface area contributed by atoms with E-state index in [1.165, 1.54) is 7.11 Å². The molecular weight excluding hydrogens is 198 g/mol. The van der Waals surface area contributed by atoms with E-state index in [2.05, 4.69) is 4.74 Å². The summed E-state index contributed by atoms with van der Waals surface area (Å²) >= 11 is 0. The first-order chi connectivity index (χ1) is 6.88. The Morgan fingerprint density at radius 3 is 2.33 bits per heavy atom. The molecule has 1 saturated heterocycles. The first-order valence-corrected chi connectivity index (χ1v) is 5.05. The molecule has 1 rings (SSSR count). The minimum atomic E-state index is -0.650. The summed E-state index contributed by atoms with van der Waals surface area (Å²) in [6.45, 7) is 3.45. The maximum atomic E-state index is 11.2. The van der Waals surface area contributed by atoms with Gasteiger partial charge in [0.15, 0.2) is 0 Å². The van der Waals surface area contributed by atoms with Gasteiger partial charge in [-0.25, -0.2) is 0 Å². The van der Waals surface area contributed by atoms with Gasteiger partial charge in [0.25, 0.3) is 0 Å². The molecule has 0 aliphatic carbocycles. The molecule has 0 bridgehead atoms. The zero-order valence-corrected chi connectivity index (χ0v) is 9.49. The highest BCUT2D eigenvalue weighted by Crippen LogP contribution is 2.41. The van der Waals surface area contributed by atoms with Crippen molar-refractivity contribution in [1.82, 2.24) is 5.06 Å². The monoisotopic (exact) mass is 217 g/mol. The van der Waals surface area contributed by atoms with E-state index in [1.54, 1.807) is 13.8 Å². The number of aliphatic hydroxyl groups excluding tert-OH is 1. The number of hydrogen-bond acceptors (Lipinski definition) is 5. The van der Waals surface area contributed by atoms with Crippen LogP contribution in [0.15, 0.2) is 0 Å². The second kappa shape index (κ2) is 4.08. The third-order valence-corrected chi connectivity index (χ3v) is 3.32. The van der Waals surface area contributed by atoms with Gasteiger partial charge in [-0.3, -0.25) is 4.79 Å². The lowest BCUT2D eigenvalue weighted by atomic mass is 9.95. The molecule has 0 unspecified atom stereocenters. The third kappa shape index (κ3) is 2.14. The van der Waals surface area contributed by atoms with Crippen molar-refractivity contribution >= 4 is 5.97 Å². The summed E-state index contributed by atoms with van der Waals surface area (Å²) in [4.78, 5) is 11.2. The number of hydrogen-bond donors (Lipinski definition) is 2. The van der Waals surface area contributed by atoms with Gasteiger partial charge in [-0.2, -0.15) is 5.06 Å². The summed E-state index contributed by atoms with van der Waals surface area (Å²) in [5.41, 5.74) is -1.28. The van der Waals surface area contributed by atoms with E-state index in [4.69, 9.17) is 0 Å². The quantitative estimate of drug-likeness (QED) is 0.675. The molecule has 0 amide bonds. The lowest BCUT2D eigenvalue weighted by Crippen LogP contribution is -2.51. The van der Waals surface area contributed by atoms with E-state index in [0.29, 0.717) is 12.8 Å². The second-order valence-corrected chi connectivity index (χ2v) is 4.72. The molecule has 15 heavy (non-hydrogen) atoms. The van der Waals surface area contributed by atoms with E-state index < -0.39 is 11.1 Å². The van der Waals surface area contributed by atoms with Crippen LogP contribution in [0.4, 0.5) is 0 Å².